The number of rotatable bonds is 1. The summed E-state index contributed by atoms with van der Waals surface area (Å²) in [6.45, 7) is 0. The van der Waals surface area contributed by atoms with Crippen molar-refractivity contribution in [2.75, 3.05) is 0 Å². The quantitative estimate of drug-likeness (QED) is 0.620. The van der Waals surface area contributed by atoms with E-state index in [9.17, 15) is 0 Å². The molecule has 0 aromatic carbocycles. The summed E-state index contributed by atoms with van der Waals surface area (Å²) in [4.78, 5) is 4.05. The fraction of sp³-hybridized carbons (Fsp3) is 0.182. The van der Waals surface area contributed by atoms with Crippen LogP contribution in [0.5, 0.6) is 0 Å². The van der Waals surface area contributed by atoms with Crippen LogP contribution in [-0.2, 0) is 0 Å². The Balaban J connectivity index is 2.30. The molecule has 1 aliphatic carbocycles. The molecule has 1 heterocycles. The summed E-state index contributed by atoms with van der Waals surface area (Å²) in [6.07, 6.45) is 10.6. The molecular formula is C11H10ClN. The van der Waals surface area contributed by atoms with Crippen molar-refractivity contribution in [2.24, 2.45) is 0 Å². The molecule has 0 N–H and O–H groups in total. The van der Waals surface area contributed by atoms with Crippen molar-refractivity contribution in [1.82, 2.24) is 4.98 Å². The van der Waals surface area contributed by atoms with Gasteiger partial charge < -0.3 is 0 Å². The van der Waals surface area contributed by atoms with E-state index in [-0.39, 0.29) is 0 Å². The van der Waals surface area contributed by atoms with Crippen LogP contribution in [0.15, 0.2) is 36.6 Å². The molecular weight excluding hydrogens is 182 g/mol. The van der Waals surface area contributed by atoms with Crippen LogP contribution in [0.25, 0.3) is 5.57 Å². The van der Waals surface area contributed by atoms with Gasteiger partial charge in [-0.25, -0.2) is 4.98 Å². The van der Waals surface area contributed by atoms with Crippen LogP contribution in [0.2, 0.25) is 5.15 Å². The minimum absolute atomic E-state index is 0.545. The van der Waals surface area contributed by atoms with Crippen LogP contribution in [0.1, 0.15) is 18.4 Å². The van der Waals surface area contributed by atoms with Gasteiger partial charge in [0.1, 0.15) is 5.15 Å². The van der Waals surface area contributed by atoms with Crippen LogP contribution >= 0.6 is 11.6 Å². The molecule has 0 radical (unpaired) electrons. The average molecular weight is 192 g/mol. The summed E-state index contributed by atoms with van der Waals surface area (Å²) in [5.41, 5.74) is 2.38. The van der Waals surface area contributed by atoms with E-state index in [0.29, 0.717) is 5.15 Å². The van der Waals surface area contributed by atoms with Gasteiger partial charge in [0.15, 0.2) is 0 Å². The SMILES string of the molecule is Clc1ccc(C2=CCCC=C2)cn1. The maximum Gasteiger partial charge on any atom is 0.129 e. The summed E-state index contributed by atoms with van der Waals surface area (Å²) < 4.78 is 0. The maximum atomic E-state index is 5.70. The van der Waals surface area contributed by atoms with Crippen LogP contribution in [0.3, 0.4) is 0 Å². The highest BCUT2D eigenvalue weighted by Crippen LogP contribution is 2.21. The van der Waals surface area contributed by atoms with E-state index >= 15 is 0 Å². The molecule has 0 fully saturated rings. The summed E-state index contributed by atoms with van der Waals surface area (Å²) in [5, 5.41) is 0.545. The number of allylic oxidation sites excluding steroid dienone is 4. The second kappa shape index (κ2) is 3.75. The molecule has 1 aromatic rings. The number of halogens is 1. The van der Waals surface area contributed by atoms with E-state index in [1.165, 1.54) is 5.57 Å². The first-order valence-electron chi connectivity index (χ1n) is 4.35. The van der Waals surface area contributed by atoms with Gasteiger partial charge in [0, 0.05) is 6.20 Å². The van der Waals surface area contributed by atoms with Crippen molar-refractivity contribution in [2.45, 2.75) is 12.8 Å². The van der Waals surface area contributed by atoms with Gasteiger partial charge in [-0.2, -0.15) is 0 Å². The Kier molecular flexibility index (Phi) is 2.46. The van der Waals surface area contributed by atoms with E-state index in [1.807, 2.05) is 18.3 Å². The van der Waals surface area contributed by atoms with Gasteiger partial charge >= 0.3 is 0 Å². The van der Waals surface area contributed by atoms with Gasteiger partial charge in [0.25, 0.3) is 0 Å². The Bertz CT molecular complexity index is 349. The third-order valence-electron chi connectivity index (χ3n) is 2.06. The predicted molar refractivity (Wildman–Crippen MR) is 55.6 cm³/mol. The molecule has 0 aliphatic heterocycles. The molecule has 0 saturated heterocycles. The van der Waals surface area contributed by atoms with Gasteiger partial charge in [-0.15, -0.1) is 0 Å². The predicted octanol–water partition coefficient (Wildman–Crippen LogP) is 3.47. The first-order valence-corrected chi connectivity index (χ1v) is 4.73. The topological polar surface area (TPSA) is 12.9 Å². The highest BCUT2D eigenvalue weighted by molar-refractivity contribution is 6.29. The smallest absolute Gasteiger partial charge is 0.129 e. The maximum absolute atomic E-state index is 5.70. The number of aromatic nitrogens is 1. The standard InChI is InChI=1S/C11H10ClN/c12-11-7-6-10(8-13-11)9-4-2-1-3-5-9/h2,4-8H,1,3H2. The Labute approximate surface area is 82.8 Å². The van der Waals surface area contributed by atoms with Gasteiger partial charge in [-0.3, -0.25) is 0 Å². The molecule has 0 atom stereocenters. The minimum Gasteiger partial charge on any atom is -0.244 e. The highest BCUT2D eigenvalue weighted by atomic mass is 35.5. The molecule has 0 bridgehead atoms. The number of pyridine rings is 1. The second-order valence-corrected chi connectivity index (χ2v) is 3.40. The van der Waals surface area contributed by atoms with Crippen molar-refractivity contribution >= 4 is 17.2 Å². The molecule has 1 aliphatic rings. The zero-order valence-electron chi connectivity index (χ0n) is 7.20. The number of nitrogens with zero attached hydrogens (tertiary/aromatic N) is 1. The Morgan fingerprint density at radius 1 is 1.23 bits per heavy atom. The fourth-order valence-electron chi connectivity index (χ4n) is 1.37. The molecule has 2 rings (SSSR count). The Hall–Kier alpha value is -1.08. The largest absolute Gasteiger partial charge is 0.244 e. The molecule has 1 aromatic heterocycles. The van der Waals surface area contributed by atoms with Crippen molar-refractivity contribution in [3.8, 4) is 0 Å². The molecule has 66 valence electrons. The first-order chi connectivity index (χ1) is 6.36. The zero-order chi connectivity index (χ0) is 9.10. The zero-order valence-corrected chi connectivity index (χ0v) is 7.96. The minimum atomic E-state index is 0.545. The summed E-state index contributed by atoms with van der Waals surface area (Å²) >= 11 is 5.70. The summed E-state index contributed by atoms with van der Waals surface area (Å²) in [7, 11) is 0. The van der Waals surface area contributed by atoms with E-state index < -0.39 is 0 Å². The van der Waals surface area contributed by atoms with Crippen LogP contribution < -0.4 is 0 Å². The third-order valence-corrected chi connectivity index (χ3v) is 2.28. The van der Waals surface area contributed by atoms with E-state index in [2.05, 4.69) is 23.2 Å². The average Bonchev–Trinajstić information content (AvgIpc) is 2.20. The third kappa shape index (κ3) is 1.99. The molecule has 1 nitrogen and oxygen atoms in total. The van der Waals surface area contributed by atoms with Crippen molar-refractivity contribution in [3.05, 3.63) is 47.3 Å². The molecule has 0 amide bonds. The van der Waals surface area contributed by atoms with Gasteiger partial charge in [0.05, 0.1) is 0 Å². The van der Waals surface area contributed by atoms with Crippen LogP contribution in [0.4, 0.5) is 0 Å². The number of hydrogen-bond donors (Lipinski definition) is 0. The second-order valence-electron chi connectivity index (χ2n) is 3.01. The number of hydrogen-bond acceptors (Lipinski definition) is 1. The van der Waals surface area contributed by atoms with E-state index in [0.717, 1.165) is 18.4 Å². The molecule has 2 heteroatoms. The Morgan fingerprint density at radius 3 is 2.77 bits per heavy atom. The van der Waals surface area contributed by atoms with Gasteiger partial charge in [-0.05, 0) is 36.1 Å². The normalized spacial score (nSPS) is 15.6. The molecule has 0 unspecified atom stereocenters. The summed E-state index contributed by atoms with van der Waals surface area (Å²) in [5.74, 6) is 0. The van der Waals surface area contributed by atoms with Gasteiger partial charge in [0.2, 0.25) is 0 Å². The highest BCUT2D eigenvalue weighted by Gasteiger charge is 2.00. The van der Waals surface area contributed by atoms with Crippen LogP contribution in [0, 0.1) is 0 Å². The lowest BCUT2D eigenvalue weighted by Crippen LogP contribution is -1.86. The summed E-state index contributed by atoms with van der Waals surface area (Å²) in [6, 6.07) is 3.82. The van der Waals surface area contributed by atoms with Crippen molar-refractivity contribution in [1.29, 1.82) is 0 Å². The van der Waals surface area contributed by atoms with Crippen LogP contribution in [-0.4, -0.2) is 4.98 Å². The van der Waals surface area contributed by atoms with E-state index in [1.54, 1.807) is 0 Å². The lowest BCUT2D eigenvalue weighted by atomic mass is 10.0. The fourth-order valence-corrected chi connectivity index (χ4v) is 1.49. The molecule has 13 heavy (non-hydrogen) atoms. The molecule has 0 spiro atoms. The van der Waals surface area contributed by atoms with Crippen molar-refractivity contribution in [3.63, 3.8) is 0 Å². The Morgan fingerprint density at radius 2 is 2.15 bits per heavy atom. The first kappa shape index (κ1) is 8.52. The monoisotopic (exact) mass is 191 g/mol. The molecule has 0 saturated carbocycles. The van der Waals surface area contributed by atoms with Gasteiger partial charge in [-0.1, -0.05) is 29.8 Å². The lowest BCUT2D eigenvalue weighted by Gasteiger charge is -2.05. The van der Waals surface area contributed by atoms with Crippen molar-refractivity contribution < 1.29 is 0 Å². The van der Waals surface area contributed by atoms with E-state index in [4.69, 9.17) is 11.6 Å². The lowest BCUT2D eigenvalue weighted by molar-refractivity contribution is 1.04.